The average Bonchev–Trinajstić information content (AvgIpc) is 3.50. The lowest BCUT2D eigenvalue weighted by Gasteiger charge is -2.48. The summed E-state index contributed by atoms with van der Waals surface area (Å²) in [5.41, 5.74) is 3.19. The van der Waals surface area contributed by atoms with Crippen molar-refractivity contribution in [2.24, 2.45) is 29.6 Å². The highest BCUT2D eigenvalue weighted by molar-refractivity contribution is 5.44. The molecule has 0 radical (unpaired) electrons. The molecule has 0 heterocycles. The summed E-state index contributed by atoms with van der Waals surface area (Å²) in [4.78, 5) is 0. The van der Waals surface area contributed by atoms with E-state index in [1.54, 1.807) is 11.1 Å². The van der Waals surface area contributed by atoms with Crippen LogP contribution in [-0.4, -0.2) is 0 Å². The quantitative estimate of drug-likeness (QED) is 0.406. The smallest absolute Gasteiger partial charge is 0.0265 e. The van der Waals surface area contributed by atoms with E-state index in [2.05, 4.69) is 97.6 Å². The van der Waals surface area contributed by atoms with E-state index < -0.39 is 0 Å². The van der Waals surface area contributed by atoms with Gasteiger partial charge in [0, 0.05) is 5.41 Å². The Morgan fingerprint density at radius 2 is 1.39 bits per heavy atom. The van der Waals surface area contributed by atoms with E-state index in [1.165, 1.54) is 38.5 Å². The van der Waals surface area contributed by atoms with E-state index in [-0.39, 0.29) is 5.41 Å². The van der Waals surface area contributed by atoms with Gasteiger partial charge in [-0.05, 0) is 72.8 Å². The number of rotatable bonds is 7. The van der Waals surface area contributed by atoms with Gasteiger partial charge in [0.15, 0.2) is 0 Å². The molecule has 0 aromatic heterocycles. The lowest BCUT2D eigenvalue weighted by atomic mass is 9.55. The molecule has 0 spiro atoms. The van der Waals surface area contributed by atoms with Crippen LogP contribution in [0, 0.1) is 29.6 Å². The van der Waals surface area contributed by atoms with Crippen molar-refractivity contribution in [1.29, 1.82) is 0 Å². The molecule has 0 aliphatic heterocycles. The normalized spacial score (nSPS) is 28.0. The Morgan fingerprint density at radius 1 is 0.806 bits per heavy atom. The second kappa shape index (κ2) is 9.03. The molecule has 0 amide bonds. The van der Waals surface area contributed by atoms with Crippen molar-refractivity contribution >= 4 is 0 Å². The van der Waals surface area contributed by atoms with Crippen LogP contribution in [0.3, 0.4) is 0 Å². The van der Waals surface area contributed by atoms with Gasteiger partial charge in [-0.3, -0.25) is 0 Å². The van der Waals surface area contributed by atoms with Crippen LogP contribution in [-0.2, 0) is 5.41 Å². The summed E-state index contributed by atoms with van der Waals surface area (Å²) in [6, 6.07) is 23.1. The van der Waals surface area contributed by atoms with E-state index in [4.69, 9.17) is 0 Å². The molecule has 0 nitrogen and oxygen atoms in total. The number of allylic oxidation sites excluding steroid dienone is 5. The van der Waals surface area contributed by atoms with Crippen LogP contribution in [0.25, 0.3) is 0 Å². The van der Waals surface area contributed by atoms with E-state index in [1.807, 2.05) is 0 Å². The van der Waals surface area contributed by atoms with Crippen LogP contribution >= 0.6 is 0 Å². The molecule has 160 valence electrons. The molecule has 2 aromatic rings. The van der Waals surface area contributed by atoms with Crippen molar-refractivity contribution < 1.29 is 0 Å². The molecule has 31 heavy (non-hydrogen) atoms. The largest absolute Gasteiger partial charge is 0.103 e. The highest BCUT2D eigenvalue weighted by atomic mass is 14.6. The van der Waals surface area contributed by atoms with Gasteiger partial charge in [0.2, 0.25) is 0 Å². The maximum atomic E-state index is 4.02. The number of hydrogen-bond donors (Lipinski definition) is 0. The first-order valence-corrected chi connectivity index (χ1v) is 12.4. The molecule has 0 N–H and O–H groups in total. The van der Waals surface area contributed by atoms with Gasteiger partial charge >= 0.3 is 0 Å². The Kier molecular flexibility index (Phi) is 5.99. The fourth-order valence-corrected chi connectivity index (χ4v) is 7.47. The van der Waals surface area contributed by atoms with Crippen LogP contribution in [0.15, 0.2) is 97.6 Å². The van der Waals surface area contributed by atoms with Crippen molar-refractivity contribution in [1.82, 2.24) is 0 Å². The Hall–Kier alpha value is -2.34. The van der Waals surface area contributed by atoms with E-state index in [0.717, 1.165) is 18.3 Å². The Bertz CT molecular complexity index is 874. The van der Waals surface area contributed by atoms with Crippen molar-refractivity contribution in [3.05, 3.63) is 109 Å². The second-order valence-electron chi connectivity index (χ2n) is 9.98. The van der Waals surface area contributed by atoms with E-state index in [9.17, 15) is 0 Å². The molecule has 2 aromatic carbocycles. The lowest BCUT2D eigenvalue weighted by molar-refractivity contribution is 0.183. The predicted molar refractivity (Wildman–Crippen MR) is 132 cm³/mol. The zero-order valence-electron chi connectivity index (χ0n) is 18.7. The van der Waals surface area contributed by atoms with Gasteiger partial charge in [-0.2, -0.15) is 0 Å². The molecule has 4 unspecified atom stereocenters. The van der Waals surface area contributed by atoms with Gasteiger partial charge in [-0.25, -0.2) is 0 Å². The van der Waals surface area contributed by atoms with Gasteiger partial charge in [0.05, 0.1) is 0 Å². The van der Waals surface area contributed by atoms with Crippen molar-refractivity contribution in [2.45, 2.75) is 50.4 Å². The Labute approximate surface area is 188 Å². The third-order valence-corrected chi connectivity index (χ3v) is 8.62. The molecule has 4 atom stereocenters. The summed E-state index contributed by atoms with van der Waals surface area (Å²) < 4.78 is 0. The summed E-state index contributed by atoms with van der Waals surface area (Å²) >= 11 is 0. The van der Waals surface area contributed by atoms with Crippen molar-refractivity contribution in [3.8, 4) is 0 Å². The third-order valence-electron chi connectivity index (χ3n) is 8.62. The molecule has 3 aliphatic rings. The average molecular weight is 409 g/mol. The maximum Gasteiger partial charge on any atom is 0.0265 e. The number of fused-ring (bicyclic) bond motifs is 1. The standard InChI is InChI=1S/C31H36/c1-2-3-14-24-23-30(29-22-13-12-21-28(24)29)31(27-19-10-11-20-27,25-15-6-4-7-16-25)26-17-8-5-9-18-26/h2,4-9,12-13,15-18,21-22,24,27-30H,1,3,10-11,14,19-20,23H2. The summed E-state index contributed by atoms with van der Waals surface area (Å²) in [5, 5.41) is 0. The molecule has 2 fully saturated rings. The highest BCUT2D eigenvalue weighted by Gasteiger charge is 2.55. The molecule has 2 saturated carbocycles. The van der Waals surface area contributed by atoms with E-state index in [0.29, 0.717) is 17.8 Å². The minimum absolute atomic E-state index is 0.0976. The zero-order valence-corrected chi connectivity index (χ0v) is 18.7. The van der Waals surface area contributed by atoms with Crippen LogP contribution in [0.5, 0.6) is 0 Å². The van der Waals surface area contributed by atoms with Crippen LogP contribution in [0.4, 0.5) is 0 Å². The fraction of sp³-hybridized carbons (Fsp3) is 0.419. The summed E-state index contributed by atoms with van der Waals surface area (Å²) in [6.45, 7) is 4.02. The first-order valence-electron chi connectivity index (χ1n) is 12.4. The van der Waals surface area contributed by atoms with Gasteiger partial charge in [0.25, 0.3) is 0 Å². The summed E-state index contributed by atoms with van der Waals surface area (Å²) in [5.74, 6) is 3.41. The predicted octanol–water partition coefficient (Wildman–Crippen LogP) is 8.12. The first-order chi connectivity index (χ1) is 15.4. The molecule has 5 rings (SSSR count). The van der Waals surface area contributed by atoms with E-state index >= 15 is 0 Å². The third kappa shape index (κ3) is 3.55. The number of benzene rings is 2. The van der Waals surface area contributed by atoms with Crippen LogP contribution in [0.2, 0.25) is 0 Å². The molecule has 0 bridgehead atoms. The second-order valence-corrected chi connectivity index (χ2v) is 9.98. The minimum atomic E-state index is 0.0976. The number of hydrogen-bond acceptors (Lipinski definition) is 0. The van der Waals surface area contributed by atoms with Gasteiger partial charge < -0.3 is 0 Å². The molecule has 0 saturated heterocycles. The lowest BCUT2D eigenvalue weighted by Crippen LogP contribution is -2.44. The van der Waals surface area contributed by atoms with Gasteiger partial charge in [-0.1, -0.05) is 104 Å². The molecular weight excluding hydrogens is 372 g/mol. The van der Waals surface area contributed by atoms with Crippen molar-refractivity contribution in [2.75, 3.05) is 0 Å². The van der Waals surface area contributed by atoms with Crippen LogP contribution in [0.1, 0.15) is 56.1 Å². The zero-order chi connectivity index (χ0) is 21.1. The fourth-order valence-electron chi connectivity index (χ4n) is 7.47. The van der Waals surface area contributed by atoms with Gasteiger partial charge in [0.1, 0.15) is 0 Å². The maximum absolute atomic E-state index is 4.02. The van der Waals surface area contributed by atoms with Crippen molar-refractivity contribution in [3.63, 3.8) is 0 Å². The Morgan fingerprint density at radius 3 is 1.97 bits per heavy atom. The minimum Gasteiger partial charge on any atom is -0.103 e. The summed E-state index contributed by atoms with van der Waals surface area (Å²) in [6.07, 6.45) is 21.0. The highest BCUT2D eigenvalue weighted by Crippen LogP contribution is 2.61. The first kappa shape index (κ1) is 20.6. The SMILES string of the molecule is C=CCCC1CC(C(c2ccccc2)(c2ccccc2)C2CCCC2)C2C=CC=CC12. The van der Waals surface area contributed by atoms with Crippen LogP contribution < -0.4 is 0 Å². The topological polar surface area (TPSA) is 0 Å². The monoisotopic (exact) mass is 408 g/mol. The Balaban J connectivity index is 1.69. The molecule has 0 heteroatoms. The summed E-state index contributed by atoms with van der Waals surface area (Å²) in [7, 11) is 0. The molecular formula is C31H36. The van der Waals surface area contributed by atoms with Gasteiger partial charge in [-0.15, -0.1) is 6.58 Å². The molecule has 3 aliphatic carbocycles.